The average molecular weight is 524 g/mol. The zero-order valence-corrected chi connectivity index (χ0v) is 21.9. The van der Waals surface area contributed by atoms with Gasteiger partial charge < -0.3 is 5.32 Å². The molecule has 0 unspecified atom stereocenters. The van der Waals surface area contributed by atoms with E-state index in [1.807, 2.05) is 0 Å². The largest absolute Gasteiger partial charge is 0.349 e. The molecule has 1 aliphatic carbocycles. The number of amides is 1. The van der Waals surface area contributed by atoms with Gasteiger partial charge in [0.2, 0.25) is 15.9 Å². The predicted molar refractivity (Wildman–Crippen MR) is 138 cm³/mol. The fourth-order valence-corrected chi connectivity index (χ4v) is 7.40. The third-order valence-corrected chi connectivity index (χ3v) is 9.52. The molecule has 1 saturated heterocycles. The molecule has 2 aromatic rings. The van der Waals surface area contributed by atoms with Crippen molar-refractivity contribution in [2.75, 3.05) is 13.1 Å². The van der Waals surface area contributed by atoms with E-state index in [2.05, 4.69) is 30.4 Å². The third-order valence-electron chi connectivity index (χ3n) is 7.04. The first-order valence-corrected chi connectivity index (χ1v) is 14.5. The van der Waals surface area contributed by atoms with Crippen LogP contribution in [0, 0.1) is 5.92 Å². The Morgan fingerprint density at radius 1 is 1.09 bits per heavy atom. The summed E-state index contributed by atoms with van der Waals surface area (Å²) in [5, 5.41) is 3.86. The molecule has 4 rings (SSSR count). The van der Waals surface area contributed by atoms with Crippen LogP contribution in [0.5, 0.6) is 0 Å². The number of nitrogens with zero attached hydrogens (tertiary/aromatic N) is 1. The van der Waals surface area contributed by atoms with Crippen molar-refractivity contribution in [2.45, 2.75) is 63.7 Å². The van der Waals surface area contributed by atoms with Crippen LogP contribution in [0.3, 0.4) is 0 Å². The van der Waals surface area contributed by atoms with Crippen molar-refractivity contribution < 1.29 is 13.2 Å². The second-order valence-corrected chi connectivity index (χ2v) is 12.1. The van der Waals surface area contributed by atoms with Crippen LogP contribution in [0.25, 0.3) is 0 Å². The summed E-state index contributed by atoms with van der Waals surface area (Å²) >= 11 is 12.4. The van der Waals surface area contributed by atoms with E-state index in [9.17, 15) is 13.2 Å². The quantitative estimate of drug-likeness (QED) is 0.508. The van der Waals surface area contributed by atoms with Crippen LogP contribution < -0.4 is 5.32 Å². The average Bonchev–Trinajstić information content (AvgIpc) is 2.84. The lowest BCUT2D eigenvalue weighted by Crippen LogP contribution is -2.46. The molecule has 34 heavy (non-hydrogen) atoms. The molecule has 0 saturated carbocycles. The van der Waals surface area contributed by atoms with E-state index in [0.29, 0.717) is 35.0 Å². The van der Waals surface area contributed by atoms with Crippen molar-refractivity contribution in [2.24, 2.45) is 5.92 Å². The summed E-state index contributed by atoms with van der Waals surface area (Å²) in [5.41, 5.74) is 4.34. The Hall–Kier alpha value is -1.60. The van der Waals surface area contributed by atoms with Crippen molar-refractivity contribution in [3.05, 3.63) is 68.7 Å². The highest BCUT2D eigenvalue weighted by Crippen LogP contribution is 2.30. The molecule has 1 aliphatic heterocycles. The van der Waals surface area contributed by atoms with E-state index in [4.69, 9.17) is 23.2 Å². The molecule has 0 bridgehead atoms. The molecular weight excluding hydrogens is 491 g/mol. The van der Waals surface area contributed by atoms with Crippen molar-refractivity contribution >= 4 is 39.1 Å². The number of carbonyl (C=O) groups is 1. The molecule has 1 heterocycles. The summed E-state index contributed by atoms with van der Waals surface area (Å²) in [6.07, 6.45) is 6.78. The van der Waals surface area contributed by atoms with E-state index >= 15 is 0 Å². The molecule has 1 amide bonds. The van der Waals surface area contributed by atoms with Gasteiger partial charge in [-0.2, -0.15) is 0 Å². The molecule has 2 atom stereocenters. The summed E-state index contributed by atoms with van der Waals surface area (Å²) in [4.78, 5) is 13.2. The number of piperidine rings is 1. The smallest absolute Gasteiger partial charge is 0.224 e. The number of fused-ring (bicyclic) bond motifs is 1. The number of hydrogen-bond donors (Lipinski definition) is 1. The predicted octanol–water partition coefficient (Wildman–Crippen LogP) is 5.68. The van der Waals surface area contributed by atoms with Crippen LogP contribution in [-0.2, 0) is 33.4 Å². The van der Waals surface area contributed by atoms with Crippen molar-refractivity contribution in [3.8, 4) is 0 Å². The molecule has 5 nitrogen and oxygen atoms in total. The van der Waals surface area contributed by atoms with Gasteiger partial charge in [0.05, 0.1) is 17.7 Å². The summed E-state index contributed by atoms with van der Waals surface area (Å²) in [7, 11) is -3.66. The highest BCUT2D eigenvalue weighted by molar-refractivity contribution is 7.88. The van der Waals surface area contributed by atoms with Crippen LogP contribution in [0.15, 0.2) is 36.4 Å². The van der Waals surface area contributed by atoms with E-state index in [1.54, 1.807) is 18.2 Å². The van der Waals surface area contributed by atoms with Gasteiger partial charge in [-0.15, -0.1) is 0 Å². The highest BCUT2D eigenvalue weighted by atomic mass is 35.5. The molecule has 8 heteroatoms. The van der Waals surface area contributed by atoms with E-state index in [0.717, 1.165) is 24.8 Å². The van der Waals surface area contributed by atoms with Gasteiger partial charge in [0, 0.05) is 28.7 Å². The Kier molecular flexibility index (Phi) is 8.24. The Bertz CT molecular complexity index is 1130. The Morgan fingerprint density at radius 2 is 1.79 bits per heavy atom. The molecule has 2 aromatic carbocycles. The third kappa shape index (κ3) is 5.78. The van der Waals surface area contributed by atoms with Crippen LogP contribution in [-0.4, -0.2) is 31.7 Å². The number of rotatable bonds is 7. The maximum atomic E-state index is 13.2. The van der Waals surface area contributed by atoms with Gasteiger partial charge in [0.25, 0.3) is 0 Å². The van der Waals surface area contributed by atoms with Crippen LogP contribution in [0.2, 0.25) is 10.0 Å². The first kappa shape index (κ1) is 25.5. The van der Waals surface area contributed by atoms with Gasteiger partial charge in [-0.1, -0.05) is 54.4 Å². The second kappa shape index (κ2) is 11.0. The lowest BCUT2D eigenvalue weighted by molar-refractivity contribution is -0.126. The molecule has 1 N–H and O–H groups in total. The van der Waals surface area contributed by atoms with E-state index in [1.165, 1.54) is 28.3 Å². The minimum Gasteiger partial charge on any atom is -0.349 e. The number of benzene rings is 2. The summed E-state index contributed by atoms with van der Waals surface area (Å²) in [6, 6.07) is 11.5. The van der Waals surface area contributed by atoms with Crippen molar-refractivity contribution in [3.63, 3.8) is 0 Å². The van der Waals surface area contributed by atoms with Gasteiger partial charge in [-0.3, -0.25) is 4.79 Å². The maximum Gasteiger partial charge on any atom is 0.224 e. The molecule has 184 valence electrons. The van der Waals surface area contributed by atoms with Gasteiger partial charge in [-0.25, -0.2) is 12.7 Å². The fourth-order valence-electron chi connectivity index (χ4n) is 5.03. The van der Waals surface area contributed by atoms with Crippen molar-refractivity contribution in [1.29, 1.82) is 0 Å². The lowest BCUT2D eigenvalue weighted by Gasteiger charge is -2.32. The van der Waals surface area contributed by atoms with Crippen molar-refractivity contribution in [1.82, 2.24) is 9.62 Å². The van der Waals surface area contributed by atoms with Gasteiger partial charge in [-0.05, 0) is 73.8 Å². The number of nitrogens with one attached hydrogen (secondary N) is 1. The Morgan fingerprint density at radius 3 is 2.50 bits per heavy atom. The van der Waals surface area contributed by atoms with E-state index in [-0.39, 0.29) is 30.2 Å². The molecule has 0 radical (unpaired) electrons. The number of sulfonamides is 1. The molecule has 0 aromatic heterocycles. The molecule has 0 spiro atoms. The molecule has 2 aliphatic rings. The standard InChI is InChI=1S/C26H32Cl2N2O3S/c1-2-25(20-13-12-18-7-3-4-8-19(18)15-20)29-26(31)21-9-6-14-30(16-21)34(32,33)17-22-23(27)10-5-11-24(22)28/h5,10-13,15,21,25H,2-4,6-9,14,16-17H2,1H3,(H,29,31)/t21-,25-/m0/s1. The Balaban J connectivity index is 1.43. The first-order valence-electron chi connectivity index (χ1n) is 12.1. The number of carbonyl (C=O) groups excluding carboxylic acids is 1. The summed E-state index contributed by atoms with van der Waals surface area (Å²) in [6.45, 7) is 2.64. The zero-order valence-electron chi connectivity index (χ0n) is 19.5. The molecule has 1 fully saturated rings. The number of aryl methyl sites for hydroxylation is 2. The fraction of sp³-hybridized carbons (Fsp3) is 0.500. The van der Waals surface area contributed by atoms with Gasteiger partial charge in [0.1, 0.15) is 0 Å². The number of hydrogen-bond acceptors (Lipinski definition) is 3. The first-order chi connectivity index (χ1) is 16.3. The van der Waals surface area contributed by atoms with Gasteiger partial charge in [0.15, 0.2) is 0 Å². The van der Waals surface area contributed by atoms with E-state index < -0.39 is 10.0 Å². The minimum absolute atomic E-state index is 0.0753. The summed E-state index contributed by atoms with van der Waals surface area (Å²) < 4.78 is 27.7. The van der Waals surface area contributed by atoms with Crippen LogP contribution in [0.1, 0.15) is 67.3 Å². The second-order valence-electron chi connectivity index (χ2n) is 9.36. The monoisotopic (exact) mass is 522 g/mol. The highest BCUT2D eigenvalue weighted by Gasteiger charge is 2.34. The summed E-state index contributed by atoms with van der Waals surface area (Å²) in [5.74, 6) is -0.732. The topological polar surface area (TPSA) is 66.5 Å². The normalized spacial score (nSPS) is 19.9. The van der Waals surface area contributed by atoms with Gasteiger partial charge >= 0.3 is 0 Å². The van der Waals surface area contributed by atoms with Crippen LogP contribution in [0.4, 0.5) is 0 Å². The SMILES string of the molecule is CC[C@H](NC(=O)[C@H]1CCCN(S(=O)(=O)Cc2c(Cl)cccc2Cl)C1)c1ccc2c(c1)CCCC2. The molecular formula is C26H32Cl2N2O3S. The lowest BCUT2D eigenvalue weighted by atomic mass is 9.88. The van der Waals surface area contributed by atoms with Crippen LogP contribution >= 0.6 is 23.2 Å². The maximum absolute atomic E-state index is 13.2. The Labute approximate surface area is 212 Å². The number of halogens is 2. The zero-order chi connectivity index (χ0) is 24.3. The minimum atomic E-state index is -3.66.